The molecule has 0 saturated heterocycles. The molecule has 5 N–H and O–H groups in total. The lowest BCUT2D eigenvalue weighted by Crippen LogP contribution is -2.18. The minimum absolute atomic E-state index is 0.0705. The van der Waals surface area contributed by atoms with Crippen molar-refractivity contribution in [2.45, 2.75) is 12.5 Å². The number of rotatable bonds is 10. The van der Waals surface area contributed by atoms with Crippen LogP contribution >= 0.6 is 0 Å². The molecule has 4 rings (SSSR count). The summed E-state index contributed by atoms with van der Waals surface area (Å²) in [6.45, 7) is -0.798. The molecule has 0 bridgehead atoms. The van der Waals surface area contributed by atoms with Gasteiger partial charge in [0.2, 0.25) is 0 Å². The van der Waals surface area contributed by atoms with E-state index in [9.17, 15) is 13.6 Å². The van der Waals surface area contributed by atoms with Gasteiger partial charge in [-0.1, -0.05) is 0 Å². The molecule has 13 heteroatoms. The van der Waals surface area contributed by atoms with Gasteiger partial charge in [-0.2, -0.15) is 0 Å². The van der Waals surface area contributed by atoms with Gasteiger partial charge >= 0.3 is 5.69 Å². The van der Waals surface area contributed by atoms with Gasteiger partial charge < -0.3 is 20.5 Å². The highest BCUT2D eigenvalue weighted by molar-refractivity contribution is 5.95. The number of anilines is 1. The zero-order chi connectivity index (χ0) is 25.7. The van der Waals surface area contributed by atoms with Crippen molar-refractivity contribution in [3.05, 3.63) is 88.4 Å². The minimum atomic E-state index is -2.66. The van der Waals surface area contributed by atoms with Gasteiger partial charge in [0.05, 0.1) is 7.11 Å². The van der Waals surface area contributed by atoms with E-state index in [4.69, 9.17) is 20.6 Å². The summed E-state index contributed by atoms with van der Waals surface area (Å²) in [4.78, 5) is 23.5. The van der Waals surface area contributed by atoms with Crippen LogP contribution in [0.5, 0.6) is 11.5 Å². The summed E-state index contributed by atoms with van der Waals surface area (Å²) in [5.41, 5.74) is 6.60. The lowest BCUT2D eigenvalue weighted by atomic mass is 10.0. The van der Waals surface area contributed by atoms with Crippen LogP contribution < -0.4 is 26.2 Å². The Bertz CT molecular complexity index is 1390. The van der Waals surface area contributed by atoms with Gasteiger partial charge in [0.15, 0.2) is 5.82 Å². The van der Waals surface area contributed by atoms with Crippen LogP contribution in [0.1, 0.15) is 23.0 Å². The van der Waals surface area contributed by atoms with Crippen molar-refractivity contribution in [1.82, 2.24) is 24.7 Å². The van der Waals surface area contributed by atoms with Crippen molar-refractivity contribution in [1.29, 1.82) is 5.41 Å². The summed E-state index contributed by atoms with van der Waals surface area (Å²) in [7, 11) is 1.43. The van der Waals surface area contributed by atoms with Crippen LogP contribution in [-0.2, 0) is 0 Å². The van der Waals surface area contributed by atoms with Crippen molar-refractivity contribution in [3.63, 3.8) is 0 Å². The average molecular weight is 496 g/mol. The molecular weight excluding hydrogens is 474 g/mol. The molecule has 0 amide bonds. The summed E-state index contributed by atoms with van der Waals surface area (Å²) in [5, 5.41) is 15.2. The van der Waals surface area contributed by atoms with E-state index in [0.717, 1.165) is 4.68 Å². The van der Waals surface area contributed by atoms with E-state index in [1.54, 1.807) is 42.5 Å². The zero-order valence-electron chi connectivity index (χ0n) is 19.0. The molecule has 4 aromatic rings. The van der Waals surface area contributed by atoms with Gasteiger partial charge in [0.1, 0.15) is 30.0 Å². The number of alkyl halides is 2. The molecule has 0 aliphatic heterocycles. The van der Waals surface area contributed by atoms with Gasteiger partial charge in [-0.05, 0) is 48.0 Å². The molecule has 0 fully saturated rings. The molecule has 0 aliphatic carbocycles. The Morgan fingerprint density at radius 1 is 1.17 bits per heavy atom. The maximum atomic E-state index is 12.8. The Balaban J connectivity index is 1.78. The molecule has 2 aromatic carbocycles. The number of ether oxygens (including phenoxy) is 2. The standard InChI is InChI=1S/C23H22F2N8O3/c1-35-16-9-14(10-17(11-16)36-12-18(24)25)19(30-15-5-3-13(4-6-15)20(26)27)21-31-23(34)33(32-21)22-28-7-2-8-29-22/h2-11,18-19,30H,12H2,1H3,(H3,26,27)(H,31,32,34). The Morgan fingerprint density at radius 3 is 2.50 bits per heavy atom. The Hall–Kier alpha value is -4.81. The smallest absolute Gasteiger partial charge is 0.350 e. The topological polar surface area (TPSA) is 157 Å². The maximum absolute atomic E-state index is 12.8. The lowest BCUT2D eigenvalue weighted by Gasteiger charge is -2.20. The highest BCUT2D eigenvalue weighted by atomic mass is 19.3. The van der Waals surface area contributed by atoms with Gasteiger partial charge in [-0.3, -0.25) is 10.4 Å². The number of benzene rings is 2. The van der Waals surface area contributed by atoms with Gasteiger partial charge in [0, 0.05) is 29.7 Å². The third kappa shape index (κ3) is 5.63. The average Bonchev–Trinajstić information content (AvgIpc) is 3.27. The molecule has 2 aromatic heterocycles. The fourth-order valence-corrected chi connectivity index (χ4v) is 3.35. The number of methoxy groups -OCH3 is 1. The highest BCUT2D eigenvalue weighted by Crippen LogP contribution is 2.31. The monoisotopic (exact) mass is 496 g/mol. The summed E-state index contributed by atoms with van der Waals surface area (Å²) < 4.78 is 37.1. The normalized spacial score (nSPS) is 11.8. The Labute approximate surface area is 203 Å². The first kappa shape index (κ1) is 24.3. The molecule has 36 heavy (non-hydrogen) atoms. The van der Waals surface area contributed by atoms with Crippen molar-refractivity contribution in [2.75, 3.05) is 19.0 Å². The van der Waals surface area contributed by atoms with E-state index < -0.39 is 24.8 Å². The van der Waals surface area contributed by atoms with Gasteiger partial charge in [-0.25, -0.2) is 23.5 Å². The molecular formula is C23H22F2N8O3. The number of nitrogen functional groups attached to an aromatic ring is 1. The number of hydrogen-bond acceptors (Lipinski definition) is 8. The molecule has 11 nitrogen and oxygen atoms in total. The second-order valence-electron chi connectivity index (χ2n) is 7.49. The van der Waals surface area contributed by atoms with Crippen LogP contribution in [0.2, 0.25) is 0 Å². The van der Waals surface area contributed by atoms with Crippen LogP contribution in [0.25, 0.3) is 5.95 Å². The van der Waals surface area contributed by atoms with Crippen LogP contribution in [0.4, 0.5) is 14.5 Å². The van der Waals surface area contributed by atoms with Crippen LogP contribution in [-0.4, -0.2) is 50.7 Å². The highest BCUT2D eigenvalue weighted by Gasteiger charge is 2.23. The zero-order valence-corrected chi connectivity index (χ0v) is 19.0. The number of aromatic amines is 1. The van der Waals surface area contributed by atoms with E-state index in [1.165, 1.54) is 25.6 Å². The molecule has 1 unspecified atom stereocenters. The third-order valence-corrected chi connectivity index (χ3v) is 5.00. The maximum Gasteiger partial charge on any atom is 0.350 e. The number of halogens is 2. The van der Waals surface area contributed by atoms with E-state index in [1.807, 2.05) is 0 Å². The predicted octanol–water partition coefficient (Wildman–Crippen LogP) is 2.49. The molecule has 0 saturated carbocycles. The second kappa shape index (κ2) is 10.6. The van der Waals surface area contributed by atoms with Crippen molar-refractivity contribution in [3.8, 4) is 17.4 Å². The number of nitrogens with two attached hydrogens (primary N) is 1. The largest absolute Gasteiger partial charge is 0.497 e. The number of aromatic nitrogens is 5. The Morgan fingerprint density at radius 2 is 1.86 bits per heavy atom. The first-order valence-corrected chi connectivity index (χ1v) is 10.6. The summed E-state index contributed by atoms with van der Waals surface area (Å²) >= 11 is 0. The fraction of sp³-hybridized carbons (Fsp3) is 0.174. The number of hydrogen-bond donors (Lipinski definition) is 4. The number of H-pyrrole nitrogens is 1. The van der Waals surface area contributed by atoms with Crippen molar-refractivity contribution >= 4 is 11.5 Å². The predicted molar refractivity (Wildman–Crippen MR) is 127 cm³/mol. The first-order chi connectivity index (χ1) is 17.3. The molecule has 0 aliphatic rings. The number of nitrogens with one attached hydrogen (secondary N) is 3. The first-order valence-electron chi connectivity index (χ1n) is 10.6. The van der Waals surface area contributed by atoms with Crippen LogP contribution in [0, 0.1) is 5.41 Å². The molecule has 186 valence electrons. The van der Waals surface area contributed by atoms with Gasteiger partial charge in [-0.15, -0.1) is 9.78 Å². The summed E-state index contributed by atoms with van der Waals surface area (Å²) in [5.74, 6) is 0.676. The summed E-state index contributed by atoms with van der Waals surface area (Å²) in [6.07, 6.45) is 0.292. The molecule has 0 spiro atoms. The van der Waals surface area contributed by atoms with Crippen molar-refractivity contribution < 1.29 is 18.3 Å². The Kier molecular flexibility index (Phi) is 7.18. The van der Waals surface area contributed by atoms with E-state index >= 15 is 0 Å². The summed E-state index contributed by atoms with van der Waals surface area (Å²) in [6, 6.07) is 12.2. The molecule has 2 heterocycles. The number of amidine groups is 1. The molecule has 0 radical (unpaired) electrons. The minimum Gasteiger partial charge on any atom is -0.497 e. The quantitative estimate of drug-likeness (QED) is 0.193. The van der Waals surface area contributed by atoms with Crippen molar-refractivity contribution in [2.24, 2.45) is 5.73 Å². The van der Waals surface area contributed by atoms with E-state index in [2.05, 4.69) is 25.4 Å². The SMILES string of the molecule is COc1cc(OCC(F)F)cc(C(Nc2ccc(C(=N)N)cc2)c2nn(-c3ncccn3)c(=O)[nH]2)c1. The van der Waals surface area contributed by atoms with E-state index in [-0.39, 0.29) is 23.4 Å². The fourth-order valence-electron chi connectivity index (χ4n) is 3.35. The van der Waals surface area contributed by atoms with Crippen LogP contribution in [0.3, 0.4) is 0 Å². The second-order valence-corrected chi connectivity index (χ2v) is 7.49. The van der Waals surface area contributed by atoms with Gasteiger partial charge in [0.25, 0.3) is 12.4 Å². The third-order valence-electron chi connectivity index (χ3n) is 5.00. The van der Waals surface area contributed by atoms with Crippen LogP contribution in [0.15, 0.2) is 65.7 Å². The lowest BCUT2D eigenvalue weighted by molar-refractivity contribution is 0.0817. The number of nitrogens with zero attached hydrogens (tertiary/aromatic N) is 4. The van der Waals surface area contributed by atoms with E-state index in [0.29, 0.717) is 22.6 Å². The molecule has 1 atom stereocenters.